The SMILES string of the molecule is CCCCCCC(CCCCC)C(=O)[C@H](N)CCCCN. The Morgan fingerprint density at radius 1 is 0.810 bits per heavy atom. The Bertz CT molecular complexity index is 243. The van der Waals surface area contributed by atoms with Gasteiger partial charge in [-0.05, 0) is 32.2 Å². The average molecular weight is 299 g/mol. The van der Waals surface area contributed by atoms with Gasteiger partial charge in [0.1, 0.15) is 0 Å². The third-order valence-corrected chi connectivity index (χ3v) is 4.30. The van der Waals surface area contributed by atoms with Gasteiger partial charge in [0.25, 0.3) is 0 Å². The first kappa shape index (κ1) is 20.6. The molecule has 3 nitrogen and oxygen atoms in total. The van der Waals surface area contributed by atoms with Crippen LogP contribution in [0.2, 0.25) is 0 Å². The highest BCUT2D eigenvalue weighted by Crippen LogP contribution is 2.21. The van der Waals surface area contributed by atoms with Crippen molar-refractivity contribution in [1.82, 2.24) is 0 Å². The molecule has 2 atom stereocenters. The highest BCUT2D eigenvalue weighted by atomic mass is 16.1. The van der Waals surface area contributed by atoms with E-state index in [1.165, 1.54) is 38.5 Å². The van der Waals surface area contributed by atoms with Crippen molar-refractivity contribution in [2.24, 2.45) is 17.4 Å². The molecule has 0 saturated carbocycles. The van der Waals surface area contributed by atoms with Gasteiger partial charge in [0.05, 0.1) is 6.04 Å². The van der Waals surface area contributed by atoms with Crippen molar-refractivity contribution >= 4 is 5.78 Å². The number of Topliss-reactive ketones (excluding diaryl/α,β-unsaturated/α-hetero) is 1. The third-order valence-electron chi connectivity index (χ3n) is 4.30. The molecule has 0 fully saturated rings. The molecule has 0 aromatic heterocycles. The van der Waals surface area contributed by atoms with E-state index in [1.807, 2.05) is 0 Å². The van der Waals surface area contributed by atoms with Gasteiger partial charge in [-0.1, -0.05) is 65.2 Å². The van der Waals surface area contributed by atoms with E-state index >= 15 is 0 Å². The second kappa shape index (κ2) is 14.5. The molecule has 0 aromatic rings. The van der Waals surface area contributed by atoms with E-state index in [4.69, 9.17) is 11.5 Å². The highest BCUT2D eigenvalue weighted by Gasteiger charge is 2.23. The number of ketones is 1. The van der Waals surface area contributed by atoms with Gasteiger partial charge in [-0.2, -0.15) is 0 Å². The number of carbonyl (C=O) groups excluding carboxylic acids is 1. The third kappa shape index (κ3) is 10.9. The molecule has 0 rings (SSSR count). The van der Waals surface area contributed by atoms with E-state index in [-0.39, 0.29) is 12.0 Å². The number of nitrogens with two attached hydrogens (primary N) is 2. The van der Waals surface area contributed by atoms with Crippen molar-refractivity contribution in [1.29, 1.82) is 0 Å². The molecule has 0 bridgehead atoms. The lowest BCUT2D eigenvalue weighted by Gasteiger charge is -2.20. The van der Waals surface area contributed by atoms with Gasteiger partial charge in [-0.15, -0.1) is 0 Å². The van der Waals surface area contributed by atoms with Crippen molar-refractivity contribution < 1.29 is 4.79 Å². The summed E-state index contributed by atoms with van der Waals surface area (Å²) in [6, 6.07) is -0.269. The molecule has 0 aliphatic carbocycles. The van der Waals surface area contributed by atoms with E-state index in [2.05, 4.69) is 13.8 Å². The van der Waals surface area contributed by atoms with Gasteiger partial charge in [-0.25, -0.2) is 0 Å². The average Bonchev–Trinajstić information content (AvgIpc) is 2.49. The lowest BCUT2D eigenvalue weighted by atomic mass is 9.86. The van der Waals surface area contributed by atoms with E-state index < -0.39 is 0 Å². The number of carbonyl (C=O) groups is 1. The van der Waals surface area contributed by atoms with Crippen LogP contribution in [0.25, 0.3) is 0 Å². The van der Waals surface area contributed by atoms with Gasteiger partial charge in [-0.3, -0.25) is 4.79 Å². The maximum atomic E-state index is 12.5. The molecule has 0 radical (unpaired) electrons. The Kier molecular flexibility index (Phi) is 14.2. The summed E-state index contributed by atoms with van der Waals surface area (Å²) in [6.45, 7) is 5.12. The van der Waals surface area contributed by atoms with Crippen LogP contribution in [0.3, 0.4) is 0 Å². The number of unbranched alkanes of at least 4 members (excludes halogenated alkanes) is 6. The van der Waals surface area contributed by atoms with Crippen LogP contribution in [0.4, 0.5) is 0 Å². The van der Waals surface area contributed by atoms with Crippen LogP contribution in [0.1, 0.15) is 90.9 Å². The summed E-state index contributed by atoms with van der Waals surface area (Å²) in [5, 5.41) is 0. The van der Waals surface area contributed by atoms with Crippen molar-refractivity contribution in [3.63, 3.8) is 0 Å². The van der Waals surface area contributed by atoms with Crippen LogP contribution in [-0.2, 0) is 4.79 Å². The maximum Gasteiger partial charge on any atom is 0.152 e. The zero-order valence-corrected chi connectivity index (χ0v) is 14.4. The molecule has 0 spiro atoms. The summed E-state index contributed by atoms with van der Waals surface area (Å²) in [4.78, 5) is 12.5. The minimum atomic E-state index is -0.269. The predicted molar refractivity (Wildman–Crippen MR) is 92.3 cm³/mol. The summed E-state index contributed by atoms with van der Waals surface area (Å²) in [6.07, 6.45) is 13.3. The molecule has 126 valence electrons. The lowest BCUT2D eigenvalue weighted by molar-refractivity contribution is -0.124. The van der Waals surface area contributed by atoms with Crippen LogP contribution >= 0.6 is 0 Å². The minimum Gasteiger partial charge on any atom is -0.330 e. The smallest absolute Gasteiger partial charge is 0.152 e. The van der Waals surface area contributed by atoms with Gasteiger partial charge < -0.3 is 11.5 Å². The van der Waals surface area contributed by atoms with Crippen LogP contribution in [0.15, 0.2) is 0 Å². The van der Waals surface area contributed by atoms with E-state index in [1.54, 1.807) is 0 Å². The number of rotatable bonds is 15. The molecule has 1 unspecified atom stereocenters. The van der Waals surface area contributed by atoms with E-state index in [0.29, 0.717) is 12.3 Å². The summed E-state index contributed by atoms with van der Waals surface area (Å²) in [7, 11) is 0. The monoisotopic (exact) mass is 298 g/mol. The van der Waals surface area contributed by atoms with Crippen molar-refractivity contribution in [2.45, 2.75) is 96.9 Å². The Hall–Kier alpha value is -0.410. The van der Waals surface area contributed by atoms with Gasteiger partial charge in [0.2, 0.25) is 0 Å². The predicted octanol–water partition coefficient (Wildman–Crippen LogP) is 4.18. The van der Waals surface area contributed by atoms with Crippen LogP contribution in [0, 0.1) is 5.92 Å². The molecule has 0 aromatic carbocycles. The molecule has 0 amide bonds. The molecule has 0 aliphatic heterocycles. The molecule has 0 heterocycles. The molecule has 21 heavy (non-hydrogen) atoms. The van der Waals surface area contributed by atoms with Gasteiger partial charge in [0, 0.05) is 5.92 Å². The lowest BCUT2D eigenvalue weighted by Crippen LogP contribution is -2.35. The summed E-state index contributed by atoms with van der Waals surface area (Å²) < 4.78 is 0. The van der Waals surface area contributed by atoms with Crippen molar-refractivity contribution in [3.05, 3.63) is 0 Å². The fourth-order valence-electron chi connectivity index (χ4n) is 2.84. The number of hydrogen-bond donors (Lipinski definition) is 2. The van der Waals surface area contributed by atoms with Crippen LogP contribution < -0.4 is 11.5 Å². The first-order valence-corrected chi connectivity index (χ1v) is 9.16. The van der Waals surface area contributed by atoms with E-state index in [0.717, 1.165) is 38.5 Å². The Balaban J connectivity index is 4.21. The molecular formula is C18H38N2O. The Labute approximate surface area is 132 Å². The zero-order chi connectivity index (χ0) is 15.9. The highest BCUT2D eigenvalue weighted by molar-refractivity contribution is 5.86. The van der Waals surface area contributed by atoms with Gasteiger partial charge >= 0.3 is 0 Å². The molecule has 4 N–H and O–H groups in total. The molecule has 0 aliphatic rings. The van der Waals surface area contributed by atoms with Crippen molar-refractivity contribution in [2.75, 3.05) is 6.54 Å². The first-order valence-electron chi connectivity index (χ1n) is 9.16. The van der Waals surface area contributed by atoms with Gasteiger partial charge in [0.15, 0.2) is 5.78 Å². The standard InChI is InChI=1S/C18H38N2O/c1-3-5-7-9-13-16(12-8-6-4-2)18(21)17(20)14-10-11-15-19/h16-17H,3-15,19-20H2,1-2H3/t16?,17-/m1/s1. The summed E-state index contributed by atoms with van der Waals surface area (Å²) in [5.41, 5.74) is 11.6. The maximum absolute atomic E-state index is 12.5. The topological polar surface area (TPSA) is 69.1 Å². The fraction of sp³-hybridized carbons (Fsp3) is 0.944. The molecule has 3 heteroatoms. The second-order valence-electron chi connectivity index (χ2n) is 6.34. The minimum absolute atomic E-state index is 0.196. The number of hydrogen-bond acceptors (Lipinski definition) is 3. The fourth-order valence-corrected chi connectivity index (χ4v) is 2.84. The van der Waals surface area contributed by atoms with Crippen molar-refractivity contribution in [3.8, 4) is 0 Å². The molecule has 0 saturated heterocycles. The first-order chi connectivity index (χ1) is 10.2. The summed E-state index contributed by atoms with van der Waals surface area (Å²) >= 11 is 0. The Morgan fingerprint density at radius 3 is 1.90 bits per heavy atom. The Morgan fingerprint density at radius 2 is 1.33 bits per heavy atom. The van der Waals surface area contributed by atoms with E-state index in [9.17, 15) is 4.79 Å². The molecular weight excluding hydrogens is 260 g/mol. The normalized spacial score (nSPS) is 14.1. The second-order valence-corrected chi connectivity index (χ2v) is 6.34. The zero-order valence-electron chi connectivity index (χ0n) is 14.4. The van der Waals surface area contributed by atoms with Crippen LogP contribution in [0.5, 0.6) is 0 Å². The largest absolute Gasteiger partial charge is 0.330 e. The van der Waals surface area contributed by atoms with Crippen LogP contribution in [-0.4, -0.2) is 18.4 Å². The quantitative estimate of drug-likeness (QED) is 0.446. The summed E-state index contributed by atoms with van der Waals surface area (Å²) in [5.74, 6) is 0.501.